The van der Waals surface area contributed by atoms with Crippen molar-refractivity contribution < 1.29 is 23.8 Å². The SMILES string of the molecule is COCCCN(C(=O)CCc1ccc(OC)cc1)C(C(=O)NCc1ccccc1)C1CCCNC1OC. The average molecular weight is 512 g/mol. The van der Waals surface area contributed by atoms with Crippen molar-refractivity contribution in [2.45, 2.75) is 50.9 Å². The number of nitrogens with one attached hydrogen (secondary N) is 2. The molecular weight excluding hydrogens is 470 g/mol. The highest BCUT2D eigenvalue weighted by Gasteiger charge is 2.41. The highest BCUT2D eigenvalue weighted by atomic mass is 16.5. The van der Waals surface area contributed by atoms with Gasteiger partial charge in [0, 0.05) is 46.3 Å². The number of carbonyl (C=O) groups excluding carboxylic acids is 2. The number of piperidine rings is 1. The standard InChI is InChI=1S/C29H41N3O5/c1-35-20-8-19-32(26(33)17-14-22-12-15-24(36-2)16-13-22)27(25-11-7-18-30-29(25)37-3)28(34)31-21-23-9-5-4-6-10-23/h4-6,9-10,12-13,15-16,25,27,29-30H,7-8,11,14,17-21H2,1-3H3,(H,31,34). The summed E-state index contributed by atoms with van der Waals surface area (Å²) < 4.78 is 16.2. The summed E-state index contributed by atoms with van der Waals surface area (Å²) >= 11 is 0. The van der Waals surface area contributed by atoms with E-state index in [1.54, 1.807) is 26.2 Å². The fourth-order valence-electron chi connectivity index (χ4n) is 4.91. The second-order valence-electron chi connectivity index (χ2n) is 9.35. The molecule has 0 spiro atoms. The third-order valence-electron chi connectivity index (χ3n) is 6.88. The maximum absolute atomic E-state index is 13.8. The van der Waals surface area contributed by atoms with Gasteiger partial charge in [0.25, 0.3) is 0 Å². The molecule has 0 aliphatic carbocycles. The van der Waals surface area contributed by atoms with Crippen LogP contribution in [-0.4, -0.2) is 70.0 Å². The van der Waals surface area contributed by atoms with Gasteiger partial charge in [-0.3, -0.25) is 14.9 Å². The van der Waals surface area contributed by atoms with E-state index in [4.69, 9.17) is 14.2 Å². The van der Waals surface area contributed by atoms with E-state index in [1.165, 1.54) is 0 Å². The lowest BCUT2D eigenvalue weighted by Gasteiger charge is -2.41. The second-order valence-corrected chi connectivity index (χ2v) is 9.35. The molecule has 0 bridgehead atoms. The molecule has 1 saturated heterocycles. The Morgan fingerprint density at radius 1 is 1.05 bits per heavy atom. The first-order chi connectivity index (χ1) is 18.1. The van der Waals surface area contributed by atoms with Crippen molar-refractivity contribution in [2.24, 2.45) is 5.92 Å². The molecule has 0 radical (unpaired) electrons. The van der Waals surface area contributed by atoms with Gasteiger partial charge in [-0.15, -0.1) is 0 Å². The lowest BCUT2D eigenvalue weighted by Crippen LogP contribution is -2.59. The molecule has 1 aliphatic rings. The Hall–Kier alpha value is -2.94. The molecule has 3 unspecified atom stereocenters. The molecule has 1 fully saturated rings. The predicted molar refractivity (Wildman–Crippen MR) is 143 cm³/mol. The highest BCUT2D eigenvalue weighted by molar-refractivity contribution is 5.88. The van der Waals surface area contributed by atoms with Crippen molar-refractivity contribution in [3.63, 3.8) is 0 Å². The number of carbonyl (C=O) groups is 2. The van der Waals surface area contributed by atoms with Crippen LogP contribution in [0.4, 0.5) is 0 Å². The van der Waals surface area contributed by atoms with E-state index in [2.05, 4.69) is 10.6 Å². The summed E-state index contributed by atoms with van der Waals surface area (Å²) in [5.41, 5.74) is 2.06. The number of ether oxygens (including phenoxy) is 3. The minimum atomic E-state index is -0.651. The fourth-order valence-corrected chi connectivity index (χ4v) is 4.91. The number of hydrogen-bond acceptors (Lipinski definition) is 6. The van der Waals surface area contributed by atoms with Crippen molar-refractivity contribution in [3.05, 3.63) is 65.7 Å². The molecule has 8 heteroatoms. The maximum atomic E-state index is 13.8. The fraction of sp³-hybridized carbons (Fsp3) is 0.517. The van der Waals surface area contributed by atoms with Crippen molar-refractivity contribution in [1.82, 2.24) is 15.5 Å². The summed E-state index contributed by atoms with van der Waals surface area (Å²) in [5, 5.41) is 6.47. The Balaban J connectivity index is 1.81. The van der Waals surface area contributed by atoms with Gasteiger partial charge in [0.2, 0.25) is 11.8 Å². The van der Waals surface area contributed by atoms with Gasteiger partial charge in [-0.25, -0.2) is 0 Å². The molecule has 2 amide bonds. The van der Waals surface area contributed by atoms with E-state index in [0.29, 0.717) is 39.0 Å². The van der Waals surface area contributed by atoms with Crippen LogP contribution in [0.15, 0.2) is 54.6 Å². The zero-order chi connectivity index (χ0) is 26.5. The van der Waals surface area contributed by atoms with E-state index >= 15 is 0 Å². The van der Waals surface area contributed by atoms with E-state index in [-0.39, 0.29) is 24.0 Å². The summed E-state index contributed by atoms with van der Waals surface area (Å²) in [4.78, 5) is 29.2. The third-order valence-corrected chi connectivity index (χ3v) is 6.88. The van der Waals surface area contributed by atoms with Gasteiger partial charge in [0.1, 0.15) is 18.0 Å². The Bertz CT molecular complexity index is 954. The first-order valence-corrected chi connectivity index (χ1v) is 13.1. The Morgan fingerprint density at radius 2 is 1.81 bits per heavy atom. The van der Waals surface area contributed by atoms with Crippen LogP contribution in [-0.2, 0) is 32.0 Å². The van der Waals surface area contributed by atoms with Crippen LogP contribution in [0, 0.1) is 5.92 Å². The van der Waals surface area contributed by atoms with Crippen LogP contribution >= 0.6 is 0 Å². The van der Waals surface area contributed by atoms with Crippen LogP contribution in [0.5, 0.6) is 5.75 Å². The quantitative estimate of drug-likeness (QED) is 0.379. The zero-order valence-corrected chi connectivity index (χ0v) is 22.3. The number of nitrogens with zero attached hydrogens (tertiary/aromatic N) is 1. The maximum Gasteiger partial charge on any atom is 0.243 e. The Morgan fingerprint density at radius 3 is 2.49 bits per heavy atom. The summed E-state index contributed by atoms with van der Waals surface area (Å²) in [6.07, 6.45) is 2.93. The Kier molecular flexibility index (Phi) is 11.9. The molecule has 0 saturated carbocycles. The average Bonchev–Trinajstić information content (AvgIpc) is 2.95. The molecule has 2 N–H and O–H groups in total. The van der Waals surface area contributed by atoms with Gasteiger partial charge in [-0.1, -0.05) is 42.5 Å². The molecule has 2 aromatic rings. The van der Waals surface area contributed by atoms with Crippen molar-refractivity contribution in [2.75, 3.05) is 41.0 Å². The van der Waals surface area contributed by atoms with Crippen LogP contribution in [0.1, 0.15) is 36.8 Å². The van der Waals surface area contributed by atoms with E-state index in [1.807, 2.05) is 54.6 Å². The molecule has 8 nitrogen and oxygen atoms in total. The highest BCUT2D eigenvalue weighted by Crippen LogP contribution is 2.26. The van der Waals surface area contributed by atoms with Gasteiger partial charge in [-0.05, 0) is 55.5 Å². The normalized spacial score (nSPS) is 18.1. The van der Waals surface area contributed by atoms with Gasteiger partial charge in [0.05, 0.1) is 7.11 Å². The lowest BCUT2D eigenvalue weighted by molar-refractivity contribution is -0.147. The molecule has 202 valence electrons. The minimum Gasteiger partial charge on any atom is -0.497 e. The zero-order valence-electron chi connectivity index (χ0n) is 22.3. The monoisotopic (exact) mass is 511 g/mol. The number of hydrogen-bond donors (Lipinski definition) is 2. The van der Waals surface area contributed by atoms with E-state index in [9.17, 15) is 9.59 Å². The predicted octanol–water partition coefficient (Wildman–Crippen LogP) is 3.15. The molecule has 1 heterocycles. The Labute approximate surface area is 220 Å². The van der Waals surface area contributed by atoms with Crippen molar-refractivity contribution in [3.8, 4) is 5.75 Å². The van der Waals surface area contributed by atoms with Crippen molar-refractivity contribution >= 4 is 11.8 Å². The lowest BCUT2D eigenvalue weighted by atomic mass is 9.87. The molecular formula is C29H41N3O5. The third kappa shape index (κ3) is 8.55. The number of amides is 2. The molecule has 0 aromatic heterocycles. The van der Waals surface area contributed by atoms with Gasteiger partial charge < -0.3 is 24.4 Å². The molecule has 3 atom stereocenters. The van der Waals surface area contributed by atoms with Gasteiger partial charge in [-0.2, -0.15) is 0 Å². The summed E-state index contributed by atoms with van der Waals surface area (Å²) in [5.74, 6) is 0.408. The number of rotatable bonds is 14. The summed E-state index contributed by atoms with van der Waals surface area (Å²) in [7, 11) is 4.92. The van der Waals surface area contributed by atoms with Crippen molar-refractivity contribution in [1.29, 1.82) is 0 Å². The first kappa shape index (κ1) is 28.6. The largest absolute Gasteiger partial charge is 0.497 e. The molecule has 2 aromatic carbocycles. The number of aryl methyl sites for hydroxylation is 1. The van der Waals surface area contributed by atoms with E-state index < -0.39 is 6.04 Å². The van der Waals surface area contributed by atoms with Crippen LogP contribution in [0.3, 0.4) is 0 Å². The van der Waals surface area contributed by atoms with E-state index in [0.717, 1.165) is 36.3 Å². The molecule has 37 heavy (non-hydrogen) atoms. The van der Waals surface area contributed by atoms with Crippen LogP contribution in [0.2, 0.25) is 0 Å². The smallest absolute Gasteiger partial charge is 0.243 e. The van der Waals surface area contributed by atoms with Gasteiger partial charge >= 0.3 is 0 Å². The topological polar surface area (TPSA) is 89.1 Å². The summed E-state index contributed by atoms with van der Waals surface area (Å²) in [6, 6.07) is 16.9. The number of benzene rings is 2. The minimum absolute atomic E-state index is 0.0489. The van der Waals surface area contributed by atoms with Gasteiger partial charge in [0.15, 0.2) is 0 Å². The first-order valence-electron chi connectivity index (χ1n) is 13.1. The second kappa shape index (κ2) is 15.3. The number of methoxy groups -OCH3 is 3. The summed E-state index contributed by atoms with van der Waals surface area (Å²) in [6.45, 7) is 2.17. The molecule has 3 rings (SSSR count). The van der Waals surface area contributed by atoms with Crippen LogP contribution in [0.25, 0.3) is 0 Å². The molecule has 1 aliphatic heterocycles. The van der Waals surface area contributed by atoms with Crippen LogP contribution < -0.4 is 15.4 Å².